The Morgan fingerprint density at radius 3 is 2.21 bits per heavy atom. The van der Waals surface area contributed by atoms with Crippen molar-refractivity contribution in [3.63, 3.8) is 0 Å². The lowest BCUT2D eigenvalue weighted by atomic mass is 9.84. The Kier molecular flexibility index (Phi) is 6.36. The summed E-state index contributed by atoms with van der Waals surface area (Å²) in [5, 5.41) is 11.7. The molecule has 1 aliphatic rings. The maximum absolute atomic E-state index is 9.57. The van der Waals surface area contributed by atoms with Gasteiger partial charge in [0.05, 0.1) is 6.61 Å². The third-order valence-corrected chi connectivity index (χ3v) is 7.17. The van der Waals surface area contributed by atoms with E-state index in [4.69, 9.17) is 34.8 Å². The molecule has 2 unspecified atom stereocenters. The number of hydrogen-bond acceptors (Lipinski definition) is 1. The SMILES string of the molecule is OCC(I)C1C[C@H](c2ccc(Cl)cc2)[C@H](c2ccc(Cl)cc2Cl)C1. The monoisotopic (exact) mass is 494 g/mol. The minimum atomic E-state index is 0.208. The lowest BCUT2D eigenvalue weighted by Crippen LogP contribution is -2.15. The molecule has 0 bridgehead atoms. The molecule has 0 amide bonds. The van der Waals surface area contributed by atoms with Crippen LogP contribution in [0.5, 0.6) is 0 Å². The van der Waals surface area contributed by atoms with Crippen LogP contribution in [0, 0.1) is 5.92 Å². The summed E-state index contributed by atoms with van der Waals surface area (Å²) in [6.07, 6.45) is 2.06. The second-order valence-corrected chi connectivity index (χ2v) is 9.24. The number of benzene rings is 2. The van der Waals surface area contributed by atoms with Crippen molar-refractivity contribution in [3.8, 4) is 0 Å². The van der Waals surface area contributed by atoms with Crippen LogP contribution in [-0.4, -0.2) is 15.6 Å². The first-order chi connectivity index (χ1) is 11.5. The van der Waals surface area contributed by atoms with Crippen LogP contribution in [0.15, 0.2) is 42.5 Å². The van der Waals surface area contributed by atoms with Gasteiger partial charge >= 0.3 is 0 Å². The molecule has 3 rings (SSSR count). The fourth-order valence-electron chi connectivity index (χ4n) is 3.75. The molecule has 0 radical (unpaired) electrons. The van der Waals surface area contributed by atoms with Crippen molar-refractivity contribution < 1.29 is 5.11 Å². The Morgan fingerprint density at radius 2 is 1.58 bits per heavy atom. The highest BCUT2D eigenvalue weighted by Gasteiger charge is 2.39. The van der Waals surface area contributed by atoms with E-state index < -0.39 is 0 Å². The predicted molar refractivity (Wildman–Crippen MR) is 111 cm³/mol. The largest absolute Gasteiger partial charge is 0.395 e. The molecule has 1 saturated carbocycles. The highest BCUT2D eigenvalue weighted by Crippen LogP contribution is 2.52. The van der Waals surface area contributed by atoms with Crippen molar-refractivity contribution >= 4 is 57.4 Å². The first-order valence-corrected chi connectivity index (χ1v) is 10.3. The van der Waals surface area contributed by atoms with Gasteiger partial charge in [-0.2, -0.15) is 0 Å². The summed E-state index contributed by atoms with van der Waals surface area (Å²) in [7, 11) is 0. The van der Waals surface area contributed by atoms with Crippen molar-refractivity contribution in [1.82, 2.24) is 0 Å². The van der Waals surface area contributed by atoms with Crippen LogP contribution in [0.25, 0.3) is 0 Å². The van der Waals surface area contributed by atoms with E-state index in [1.54, 1.807) is 0 Å². The summed E-state index contributed by atoms with van der Waals surface area (Å²) in [4.78, 5) is 0. The second-order valence-electron chi connectivity index (χ2n) is 6.36. The molecule has 0 heterocycles. The Labute approximate surface area is 171 Å². The van der Waals surface area contributed by atoms with Crippen molar-refractivity contribution in [2.24, 2.45) is 5.92 Å². The van der Waals surface area contributed by atoms with Crippen LogP contribution in [0.2, 0.25) is 15.1 Å². The summed E-state index contributed by atoms with van der Waals surface area (Å²) in [5.74, 6) is 1.16. The van der Waals surface area contributed by atoms with E-state index >= 15 is 0 Å². The van der Waals surface area contributed by atoms with Gasteiger partial charge in [-0.1, -0.05) is 75.6 Å². The summed E-state index contributed by atoms with van der Waals surface area (Å²) in [5.41, 5.74) is 2.42. The molecule has 0 aromatic heterocycles. The van der Waals surface area contributed by atoms with Crippen molar-refractivity contribution in [2.45, 2.75) is 28.6 Å². The molecule has 1 aliphatic carbocycles. The lowest BCUT2D eigenvalue weighted by Gasteiger charge is -2.21. The molecule has 0 spiro atoms. The Balaban J connectivity index is 1.97. The first kappa shape index (κ1) is 18.8. The number of aliphatic hydroxyl groups excluding tert-OH is 1. The molecular formula is C19H18Cl3IO. The Morgan fingerprint density at radius 1 is 0.958 bits per heavy atom. The minimum Gasteiger partial charge on any atom is -0.395 e. The summed E-state index contributed by atoms with van der Waals surface area (Å²) >= 11 is 21.0. The molecule has 24 heavy (non-hydrogen) atoms. The van der Waals surface area contributed by atoms with E-state index in [0.29, 0.717) is 22.8 Å². The van der Waals surface area contributed by atoms with Gasteiger partial charge in [0.2, 0.25) is 0 Å². The number of aliphatic hydroxyl groups is 1. The average Bonchev–Trinajstić information content (AvgIpc) is 3.00. The average molecular weight is 496 g/mol. The van der Waals surface area contributed by atoms with Gasteiger partial charge in [0.25, 0.3) is 0 Å². The molecule has 0 saturated heterocycles. The minimum absolute atomic E-state index is 0.208. The number of rotatable bonds is 4. The zero-order valence-corrected chi connectivity index (χ0v) is 17.4. The molecule has 1 nitrogen and oxygen atoms in total. The molecule has 2 aromatic rings. The van der Waals surface area contributed by atoms with Crippen molar-refractivity contribution in [2.75, 3.05) is 6.61 Å². The van der Waals surface area contributed by atoms with Crippen LogP contribution in [0.3, 0.4) is 0 Å². The van der Waals surface area contributed by atoms with Gasteiger partial charge in [-0.25, -0.2) is 0 Å². The quantitative estimate of drug-likeness (QED) is 0.369. The number of hydrogen-bond donors (Lipinski definition) is 1. The van der Waals surface area contributed by atoms with Crippen LogP contribution in [-0.2, 0) is 0 Å². The van der Waals surface area contributed by atoms with Gasteiger partial charge in [0.1, 0.15) is 0 Å². The fourth-order valence-corrected chi connectivity index (χ4v) is 5.01. The van der Waals surface area contributed by atoms with Crippen LogP contribution in [0.1, 0.15) is 35.8 Å². The van der Waals surface area contributed by atoms with Gasteiger partial charge < -0.3 is 5.11 Å². The molecule has 128 valence electrons. The molecule has 1 fully saturated rings. The summed E-state index contributed by atoms with van der Waals surface area (Å²) in [6.45, 7) is 0.208. The molecule has 0 aliphatic heterocycles. The van der Waals surface area contributed by atoms with E-state index in [-0.39, 0.29) is 10.5 Å². The second kappa shape index (κ2) is 8.13. The maximum atomic E-state index is 9.57. The molecule has 1 N–H and O–H groups in total. The highest BCUT2D eigenvalue weighted by atomic mass is 127. The number of alkyl halides is 1. The van der Waals surface area contributed by atoms with Crippen molar-refractivity contribution in [1.29, 1.82) is 0 Å². The summed E-state index contributed by atoms with van der Waals surface area (Å²) in [6, 6.07) is 13.9. The van der Waals surface area contributed by atoms with E-state index in [9.17, 15) is 5.11 Å². The van der Waals surface area contributed by atoms with E-state index in [0.717, 1.165) is 28.5 Å². The van der Waals surface area contributed by atoms with E-state index in [2.05, 4.69) is 34.7 Å². The van der Waals surface area contributed by atoms with E-state index in [1.807, 2.05) is 30.3 Å². The Bertz CT molecular complexity index is 704. The van der Waals surface area contributed by atoms with Crippen LogP contribution < -0.4 is 0 Å². The van der Waals surface area contributed by atoms with Gasteiger partial charge in [-0.05, 0) is 66.0 Å². The maximum Gasteiger partial charge on any atom is 0.0551 e. The van der Waals surface area contributed by atoms with Gasteiger partial charge in [0, 0.05) is 19.0 Å². The normalized spacial score (nSPS) is 25.0. The van der Waals surface area contributed by atoms with Crippen LogP contribution >= 0.6 is 57.4 Å². The van der Waals surface area contributed by atoms with Crippen molar-refractivity contribution in [3.05, 3.63) is 68.7 Å². The fraction of sp³-hybridized carbons (Fsp3) is 0.368. The predicted octanol–water partition coefficient (Wildman–Crippen LogP) is 6.72. The lowest BCUT2D eigenvalue weighted by molar-refractivity contribution is 0.271. The third kappa shape index (κ3) is 4.04. The molecule has 2 aromatic carbocycles. The van der Waals surface area contributed by atoms with E-state index in [1.165, 1.54) is 5.56 Å². The smallest absolute Gasteiger partial charge is 0.0551 e. The zero-order chi connectivity index (χ0) is 17.3. The highest BCUT2D eigenvalue weighted by molar-refractivity contribution is 14.1. The third-order valence-electron chi connectivity index (χ3n) is 4.95. The standard InChI is InChI=1S/C19H18Cl3IO/c20-13-3-1-11(2-4-13)16-7-12(19(23)10-24)8-17(16)15-6-5-14(21)9-18(15)22/h1-6,9,12,16-17,19,24H,7-8,10H2/t12?,16-,17+,19?/m1/s1. The molecule has 4 atom stereocenters. The summed E-state index contributed by atoms with van der Waals surface area (Å²) < 4.78 is 0.258. The van der Waals surface area contributed by atoms with Gasteiger partial charge in [-0.3, -0.25) is 0 Å². The first-order valence-electron chi connectivity index (χ1n) is 7.95. The molecule has 5 heteroatoms. The topological polar surface area (TPSA) is 20.2 Å². The molecular weight excluding hydrogens is 477 g/mol. The van der Waals surface area contributed by atoms with Gasteiger partial charge in [0.15, 0.2) is 0 Å². The van der Waals surface area contributed by atoms with Gasteiger partial charge in [-0.15, -0.1) is 0 Å². The van der Waals surface area contributed by atoms with Crippen LogP contribution in [0.4, 0.5) is 0 Å². The number of halogens is 4. The Hall–Kier alpha value is -0.000000000000000167. The zero-order valence-electron chi connectivity index (χ0n) is 12.9.